The third-order valence-corrected chi connectivity index (χ3v) is 3.63. The van der Waals surface area contributed by atoms with Crippen LogP contribution in [0.25, 0.3) is 0 Å². The molecule has 1 aromatic carbocycles. The van der Waals surface area contributed by atoms with Crippen LogP contribution < -0.4 is 4.74 Å². The van der Waals surface area contributed by atoms with Gasteiger partial charge in [0.2, 0.25) is 0 Å². The van der Waals surface area contributed by atoms with Crippen LogP contribution >= 0.6 is 11.6 Å². The average Bonchev–Trinajstić information content (AvgIpc) is 2.14. The van der Waals surface area contributed by atoms with Crippen molar-refractivity contribution in [2.45, 2.75) is 24.7 Å². The van der Waals surface area contributed by atoms with Gasteiger partial charge in [-0.2, -0.15) is 0 Å². The van der Waals surface area contributed by atoms with Crippen LogP contribution in [0.1, 0.15) is 24.8 Å². The smallest absolute Gasteiger partial charge is 0.314 e. The minimum absolute atomic E-state index is 0.107. The van der Waals surface area contributed by atoms with E-state index in [9.17, 15) is 14.3 Å². The van der Waals surface area contributed by atoms with Gasteiger partial charge in [0.1, 0.15) is 11.6 Å². The molecule has 0 heterocycles. The van der Waals surface area contributed by atoms with Crippen LogP contribution in [0, 0.1) is 5.82 Å². The highest BCUT2D eigenvalue weighted by Gasteiger charge is 2.48. The summed E-state index contributed by atoms with van der Waals surface area (Å²) in [4.78, 5) is 11.4. The van der Waals surface area contributed by atoms with Gasteiger partial charge < -0.3 is 9.84 Å². The van der Waals surface area contributed by atoms with E-state index in [1.54, 1.807) is 0 Å². The molecule has 1 N–H and O–H groups in total. The molecule has 0 bridgehead atoms. The fourth-order valence-electron chi connectivity index (χ4n) is 2.25. The highest BCUT2D eigenvalue weighted by atomic mass is 35.5. The number of carbonyl (C=O) groups is 1. The van der Waals surface area contributed by atoms with E-state index in [-0.39, 0.29) is 10.8 Å². The van der Waals surface area contributed by atoms with Crippen LogP contribution in [0.5, 0.6) is 5.75 Å². The Hall–Kier alpha value is -1.29. The van der Waals surface area contributed by atoms with Gasteiger partial charge in [-0.15, -0.1) is 0 Å². The largest absolute Gasteiger partial charge is 0.495 e. The zero-order valence-corrected chi connectivity index (χ0v) is 10.1. The lowest BCUT2D eigenvalue weighted by molar-refractivity contribution is -0.147. The number of carboxylic acid groups (broad SMARTS) is 1. The number of carboxylic acids is 1. The van der Waals surface area contributed by atoms with Crippen molar-refractivity contribution in [3.63, 3.8) is 0 Å². The number of hydrogen-bond donors (Lipinski definition) is 1. The molecule has 0 saturated heterocycles. The molecule has 1 aromatic rings. The minimum atomic E-state index is -1.04. The number of methoxy groups -OCH3 is 1. The van der Waals surface area contributed by atoms with E-state index in [2.05, 4.69) is 0 Å². The monoisotopic (exact) mass is 258 g/mol. The lowest BCUT2D eigenvalue weighted by Crippen LogP contribution is -2.42. The second-order valence-electron chi connectivity index (χ2n) is 4.21. The summed E-state index contributed by atoms with van der Waals surface area (Å²) >= 11 is 5.87. The van der Waals surface area contributed by atoms with E-state index < -0.39 is 17.2 Å². The summed E-state index contributed by atoms with van der Waals surface area (Å²) in [5, 5.41) is 9.42. The van der Waals surface area contributed by atoms with Crippen molar-refractivity contribution in [3.8, 4) is 5.75 Å². The van der Waals surface area contributed by atoms with Gasteiger partial charge >= 0.3 is 5.97 Å². The van der Waals surface area contributed by atoms with Gasteiger partial charge in [0.15, 0.2) is 0 Å². The van der Waals surface area contributed by atoms with Crippen molar-refractivity contribution in [3.05, 3.63) is 28.5 Å². The third-order valence-electron chi connectivity index (χ3n) is 3.34. The Labute approximate surface area is 103 Å². The predicted molar refractivity (Wildman–Crippen MR) is 61.1 cm³/mol. The SMILES string of the molecule is COc1c(Cl)cc(F)cc1C1(C(=O)O)CCC1. The topological polar surface area (TPSA) is 46.5 Å². The van der Waals surface area contributed by atoms with E-state index in [1.807, 2.05) is 0 Å². The first-order valence-corrected chi connectivity index (χ1v) is 5.66. The molecular formula is C12H12ClFO3. The van der Waals surface area contributed by atoms with Crippen LogP contribution in [0.4, 0.5) is 4.39 Å². The van der Waals surface area contributed by atoms with Gasteiger partial charge in [-0.3, -0.25) is 4.79 Å². The van der Waals surface area contributed by atoms with Crippen molar-refractivity contribution in [1.82, 2.24) is 0 Å². The fraction of sp³-hybridized carbons (Fsp3) is 0.417. The standard InChI is InChI=1S/C12H12ClFO3/c1-17-10-8(5-7(14)6-9(10)13)12(11(15)16)3-2-4-12/h5-6H,2-4H2,1H3,(H,15,16). The van der Waals surface area contributed by atoms with Crippen molar-refractivity contribution in [1.29, 1.82) is 0 Å². The molecule has 1 aliphatic carbocycles. The molecule has 0 unspecified atom stereocenters. The molecular weight excluding hydrogens is 247 g/mol. The summed E-state index contributed by atoms with van der Waals surface area (Å²) in [5.41, 5.74) is -0.708. The number of hydrogen-bond acceptors (Lipinski definition) is 2. The molecule has 0 atom stereocenters. The van der Waals surface area contributed by atoms with Gasteiger partial charge in [0.05, 0.1) is 17.5 Å². The maximum Gasteiger partial charge on any atom is 0.314 e. The quantitative estimate of drug-likeness (QED) is 0.907. The Morgan fingerprint density at radius 1 is 1.53 bits per heavy atom. The van der Waals surface area contributed by atoms with Crippen molar-refractivity contribution < 1.29 is 19.0 Å². The molecule has 17 heavy (non-hydrogen) atoms. The molecule has 92 valence electrons. The minimum Gasteiger partial charge on any atom is -0.495 e. The second-order valence-corrected chi connectivity index (χ2v) is 4.62. The maximum atomic E-state index is 13.4. The Morgan fingerprint density at radius 2 is 2.18 bits per heavy atom. The van der Waals surface area contributed by atoms with Gasteiger partial charge in [-0.25, -0.2) is 4.39 Å². The first-order chi connectivity index (χ1) is 8.01. The zero-order valence-electron chi connectivity index (χ0n) is 9.30. The number of halogens is 2. The van der Waals surface area contributed by atoms with E-state index in [4.69, 9.17) is 16.3 Å². The van der Waals surface area contributed by atoms with Crippen molar-refractivity contribution >= 4 is 17.6 Å². The third kappa shape index (κ3) is 1.76. The summed E-state index contributed by atoms with van der Waals surface area (Å²) in [6.45, 7) is 0. The Balaban J connectivity index is 2.61. The van der Waals surface area contributed by atoms with Gasteiger partial charge in [-0.05, 0) is 25.0 Å². The van der Waals surface area contributed by atoms with E-state index in [1.165, 1.54) is 13.2 Å². The highest BCUT2D eigenvalue weighted by molar-refractivity contribution is 6.32. The molecule has 0 radical (unpaired) electrons. The molecule has 1 saturated carbocycles. The predicted octanol–water partition coefficient (Wildman–Crippen LogP) is 2.99. The van der Waals surface area contributed by atoms with Crippen LogP contribution in [0.2, 0.25) is 5.02 Å². The lowest BCUT2D eigenvalue weighted by atomic mass is 9.64. The Kier molecular flexibility index (Phi) is 3.00. The Bertz CT molecular complexity index is 469. The van der Waals surface area contributed by atoms with Gasteiger partial charge in [-0.1, -0.05) is 18.0 Å². The van der Waals surface area contributed by atoms with Crippen molar-refractivity contribution in [2.24, 2.45) is 0 Å². The van der Waals surface area contributed by atoms with Gasteiger partial charge in [0.25, 0.3) is 0 Å². The summed E-state index contributed by atoms with van der Waals surface area (Å²) < 4.78 is 18.5. The summed E-state index contributed by atoms with van der Waals surface area (Å²) in [6, 6.07) is 2.33. The molecule has 5 heteroatoms. The number of ether oxygens (including phenoxy) is 1. The maximum absolute atomic E-state index is 13.4. The molecule has 1 fully saturated rings. The summed E-state index contributed by atoms with van der Waals surface area (Å²) in [5.74, 6) is -1.24. The van der Waals surface area contributed by atoms with Crippen molar-refractivity contribution in [2.75, 3.05) is 7.11 Å². The molecule has 0 spiro atoms. The molecule has 0 amide bonds. The first kappa shape index (κ1) is 12.2. The summed E-state index contributed by atoms with van der Waals surface area (Å²) in [6.07, 6.45) is 1.78. The number of benzene rings is 1. The Morgan fingerprint density at radius 3 is 2.59 bits per heavy atom. The van der Waals surface area contributed by atoms with Crippen LogP contribution in [0.15, 0.2) is 12.1 Å². The molecule has 0 aromatic heterocycles. The van der Waals surface area contributed by atoms with E-state index in [0.29, 0.717) is 18.4 Å². The lowest BCUT2D eigenvalue weighted by Gasteiger charge is -2.38. The average molecular weight is 259 g/mol. The van der Waals surface area contributed by atoms with E-state index in [0.717, 1.165) is 12.5 Å². The highest BCUT2D eigenvalue weighted by Crippen LogP contribution is 2.49. The van der Waals surface area contributed by atoms with Gasteiger partial charge in [0, 0.05) is 5.56 Å². The van der Waals surface area contributed by atoms with Crippen LogP contribution in [0.3, 0.4) is 0 Å². The van der Waals surface area contributed by atoms with Crippen LogP contribution in [-0.4, -0.2) is 18.2 Å². The zero-order chi connectivity index (χ0) is 12.6. The van der Waals surface area contributed by atoms with E-state index >= 15 is 0 Å². The first-order valence-electron chi connectivity index (χ1n) is 5.28. The molecule has 2 rings (SSSR count). The van der Waals surface area contributed by atoms with Crippen LogP contribution in [-0.2, 0) is 10.2 Å². The number of rotatable bonds is 3. The fourth-order valence-corrected chi connectivity index (χ4v) is 2.54. The normalized spacial score (nSPS) is 17.4. The molecule has 1 aliphatic rings. The molecule has 0 aliphatic heterocycles. The second kappa shape index (κ2) is 4.18. The summed E-state index contributed by atoms with van der Waals surface area (Å²) in [7, 11) is 1.40. The molecule has 3 nitrogen and oxygen atoms in total. The number of aliphatic carboxylic acids is 1.